The minimum Gasteiger partial charge on any atom is -0.316 e. The summed E-state index contributed by atoms with van der Waals surface area (Å²) in [5.74, 6) is 0. The third-order valence-corrected chi connectivity index (χ3v) is 4.83. The summed E-state index contributed by atoms with van der Waals surface area (Å²) >= 11 is 1.88. The Balaban J connectivity index is 1.65. The van der Waals surface area contributed by atoms with Gasteiger partial charge in [0.2, 0.25) is 0 Å². The summed E-state index contributed by atoms with van der Waals surface area (Å²) in [5.41, 5.74) is 1.22. The minimum absolute atomic E-state index is 0.665. The van der Waals surface area contributed by atoms with Crippen LogP contribution in [0.4, 0.5) is 0 Å². The number of hydrogen-bond donors (Lipinski definition) is 1. The van der Waals surface area contributed by atoms with Gasteiger partial charge in [0, 0.05) is 54.2 Å². The molecule has 1 aliphatic rings. The van der Waals surface area contributed by atoms with Crippen molar-refractivity contribution in [1.82, 2.24) is 20.0 Å². The van der Waals surface area contributed by atoms with E-state index in [0.29, 0.717) is 6.04 Å². The van der Waals surface area contributed by atoms with Gasteiger partial charge in [-0.1, -0.05) is 0 Å². The van der Waals surface area contributed by atoms with Crippen LogP contribution in [0.3, 0.4) is 0 Å². The van der Waals surface area contributed by atoms with Gasteiger partial charge in [-0.05, 0) is 25.6 Å². The summed E-state index contributed by atoms with van der Waals surface area (Å²) in [6.45, 7) is 3.44. The smallest absolute Gasteiger partial charge is 0.0576 e. The van der Waals surface area contributed by atoms with Crippen molar-refractivity contribution in [1.29, 1.82) is 0 Å². The monoisotopic (exact) mass is 276 g/mol. The topological polar surface area (TPSA) is 33.1 Å². The van der Waals surface area contributed by atoms with Crippen LogP contribution >= 0.6 is 11.3 Å². The fourth-order valence-corrected chi connectivity index (χ4v) is 3.62. The molecule has 0 saturated carbocycles. The number of likely N-dealkylation sites (tertiary alicyclic amines) is 1. The molecule has 4 nitrogen and oxygen atoms in total. The quantitative estimate of drug-likeness (QED) is 0.926. The predicted octanol–water partition coefficient (Wildman–Crippen LogP) is 1.94. The summed E-state index contributed by atoms with van der Waals surface area (Å²) in [6.07, 6.45) is 5.27. The first-order valence-electron chi connectivity index (χ1n) is 6.72. The summed E-state index contributed by atoms with van der Waals surface area (Å²) < 4.78 is 1.85. The number of thiophene rings is 1. The molecule has 1 unspecified atom stereocenters. The van der Waals surface area contributed by atoms with Gasteiger partial charge in [0.15, 0.2) is 0 Å². The van der Waals surface area contributed by atoms with Gasteiger partial charge in [-0.2, -0.15) is 5.10 Å². The van der Waals surface area contributed by atoms with E-state index in [1.54, 1.807) is 0 Å². The van der Waals surface area contributed by atoms with Crippen molar-refractivity contribution < 1.29 is 0 Å². The molecule has 0 aliphatic carbocycles. The van der Waals surface area contributed by atoms with Gasteiger partial charge in [-0.3, -0.25) is 9.58 Å². The number of aryl methyl sites for hydroxylation is 1. The third kappa shape index (κ3) is 2.88. The molecule has 1 fully saturated rings. The Kier molecular flexibility index (Phi) is 3.68. The van der Waals surface area contributed by atoms with Crippen LogP contribution in [0.15, 0.2) is 24.5 Å². The van der Waals surface area contributed by atoms with Crippen LogP contribution < -0.4 is 5.32 Å². The molecule has 3 rings (SSSR count). The van der Waals surface area contributed by atoms with Crippen molar-refractivity contribution >= 4 is 11.3 Å². The molecule has 0 aromatic carbocycles. The molecular formula is C14H20N4S. The average Bonchev–Trinajstić information content (AvgIpc) is 3.10. The van der Waals surface area contributed by atoms with Crippen molar-refractivity contribution in [2.45, 2.75) is 19.0 Å². The highest BCUT2D eigenvalue weighted by molar-refractivity contribution is 7.15. The maximum atomic E-state index is 4.23. The second kappa shape index (κ2) is 5.45. The van der Waals surface area contributed by atoms with E-state index in [4.69, 9.17) is 0 Å². The van der Waals surface area contributed by atoms with Gasteiger partial charge in [0.25, 0.3) is 0 Å². The predicted molar refractivity (Wildman–Crippen MR) is 79.3 cm³/mol. The largest absolute Gasteiger partial charge is 0.316 e. The van der Waals surface area contributed by atoms with Crippen LogP contribution in [0.2, 0.25) is 0 Å². The fourth-order valence-electron chi connectivity index (χ4n) is 2.60. The molecule has 1 N–H and O–H groups in total. The molecule has 2 aromatic rings. The lowest BCUT2D eigenvalue weighted by Crippen LogP contribution is -2.29. The van der Waals surface area contributed by atoms with Crippen LogP contribution in [0, 0.1) is 0 Å². The number of nitrogens with one attached hydrogen (secondary N) is 1. The van der Waals surface area contributed by atoms with E-state index >= 15 is 0 Å². The zero-order valence-corrected chi connectivity index (χ0v) is 12.3. The Hall–Kier alpha value is -1.17. The fraction of sp³-hybridized carbons (Fsp3) is 0.500. The van der Waals surface area contributed by atoms with Crippen molar-refractivity contribution in [3.8, 4) is 10.4 Å². The van der Waals surface area contributed by atoms with E-state index in [9.17, 15) is 0 Å². The number of likely N-dealkylation sites (N-methyl/N-ethyl adjacent to an activating group) is 1. The van der Waals surface area contributed by atoms with E-state index < -0.39 is 0 Å². The molecule has 2 aromatic heterocycles. The average molecular weight is 276 g/mol. The van der Waals surface area contributed by atoms with Crippen LogP contribution in [-0.4, -0.2) is 40.9 Å². The Labute approximate surface area is 118 Å². The normalized spacial score (nSPS) is 20.2. The van der Waals surface area contributed by atoms with E-state index in [1.807, 2.05) is 29.3 Å². The van der Waals surface area contributed by atoms with Crippen molar-refractivity contribution in [3.05, 3.63) is 29.4 Å². The van der Waals surface area contributed by atoms with Crippen LogP contribution in [0.5, 0.6) is 0 Å². The molecular weight excluding hydrogens is 256 g/mol. The molecule has 3 heterocycles. The Morgan fingerprint density at radius 2 is 2.37 bits per heavy atom. The molecule has 0 spiro atoms. The number of hydrogen-bond acceptors (Lipinski definition) is 4. The van der Waals surface area contributed by atoms with Crippen molar-refractivity contribution in [2.75, 3.05) is 20.1 Å². The molecule has 1 aliphatic heterocycles. The lowest BCUT2D eigenvalue weighted by molar-refractivity contribution is 0.325. The van der Waals surface area contributed by atoms with E-state index in [1.165, 1.54) is 28.3 Å². The van der Waals surface area contributed by atoms with Gasteiger partial charge in [-0.25, -0.2) is 0 Å². The second-order valence-electron chi connectivity index (χ2n) is 5.18. The number of aromatic nitrogens is 2. The Morgan fingerprint density at radius 3 is 3.05 bits per heavy atom. The summed E-state index contributed by atoms with van der Waals surface area (Å²) in [4.78, 5) is 5.28. The number of rotatable bonds is 4. The third-order valence-electron chi connectivity index (χ3n) is 3.71. The van der Waals surface area contributed by atoms with E-state index in [0.717, 1.165) is 13.1 Å². The van der Waals surface area contributed by atoms with Crippen LogP contribution in [0.25, 0.3) is 10.4 Å². The van der Waals surface area contributed by atoms with Gasteiger partial charge >= 0.3 is 0 Å². The first kappa shape index (κ1) is 12.8. The SMILES string of the molecule is CNC1CCN(Cc2ccc(-c3cnn(C)c3)s2)C1. The standard InChI is InChI=1S/C14H20N4S/c1-15-12-5-6-18(9-12)10-13-3-4-14(19-13)11-7-16-17(2)8-11/h3-4,7-8,12,15H,5-6,9-10H2,1-2H3. The van der Waals surface area contributed by atoms with Gasteiger partial charge < -0.3 is 5.32 Å². The highest BCUT2D eigenvalue weighted by atomic mass is 32.1. The minimum atomic E-state index is 0.665. The molecule has 19 heavy (non-hydrogen) atoms. The van der Waals surface area contributed by atoms with Gasteiger partial charge in [0.1, 0.15) is 0 Å². The van der Waals surface area contributed by atoms with Gasteiger partial charge in [-0.15, -0.1) is 11.3 Å². The number of nitrogens with zero attached hydrogens (tertiary/aromatic N) is 3. The molecule has 0 amide bonds. The summed E-state index contributed by atoms with van der Waals surface area (Å²) in [6, 6.07) is 5.13. The maximum Gasteiger partial charge on any atom is 0.0576 e. The summed E-state index contributed by atoms with van der Waals surface area (Å²) in [5, 5.41) is 7.60. The summed E-state index contributed by atoms with van der Waals surface area (Å²) in [7, 11) is 4.01. The Bertz CT molecular complexity index is 545. The highest BCUT2D eigenvalue weighted by Gasteiger charge is 2.21. The second-order valence-corrected chi connectivity index (χ2v) is 6.35. The van der Waals surface area contributed by atoms with E-state index in [2.05, 4.69) is 40.7 Å². The Morgan fingerprint density at radius 1 is 1.47 bits per heavy atom. The molecule has 5 heteroatoms. The molecule has 0 bridgehead atoms. The van der Waals surface area contributed by atoms with Crippen LogP contribution in [0.1, 0.15) is 11.3 Å². The molecule has 1 atom stereocenters. The zero-order chi connectivity index (χ0) is 13.2. The first-order chi connectivity index (χ1) is 9.24. The molecule has 1 saturated heterocycles. The lowest BCUT2D eigenvalue weighted by atomic mass is 10.3. The first-order valence-corrected chi connectivity index (χ1v) is 7.53. The van der Waals surface area contributed by atoms with Gasteiger partial charge in [0.05, 0.1) is 6.20 Å². The molecule has 102 valence electrons. The highest BCUT2D eigenvalue weighted by Crippen LogP contribution is 2.29. The molecule has 0 radical (unpaired) electrons. The lowest BCUT2D eigenvalue weighted by Gasteiger charge is -2.14. The van der Waals surface area contributed by atoms with E-state index in [-0.39, 0.29) is 0 Å². The van der Waals surface area contributed by atoms with Crippen LogP contribution in [-0.2, 0) is 13.6 Å². The van der Waals surface area contributed by atoms with Crippen molar-refractivity contribution in [3.63, 3.8) is 0 Å². The van der Waals surface area contributed by atoms with Crippen molar-refractivity contribution in [2.24, 2.45) is 7.05 Å². The maximum absolute atomic E-state index is 4.23. The zero-order valence-electron chi connectivity index (χ0n) is 11.5.